The quantitative estimate of drug-likeness (QED) is 0.787. The Hall–Kier alpha value is -1.95. The largest absolute Gasteiger partial charge is 0.493 e. The summed E-state index contributed by atoms with van der Waals surface area (Å²) in [5.41, 5.74) is 6.26. The molecule has 0 aliphatic heterocycles. The van der Waals surface area contributed by atoms with Gasteiger partial charge in [-0.05, 0) is 12.1 Å². The molecule has 6 heteroatoms. The summed E-state index contributed by atoms with van der Waals surface area (Å²) in [6, 6.07) is 2.35. The minimum Gasteiger partial charge on any atom is -0.493 e. The monoisotopic (exact) mass is 255 g/mol. The number of benzene rings is 1. The standard InChI is InChI=1S/C12H17NO5/c1-15-8-6-5-7(9(13)12(14)18-4)10(16-2)11(8)17-3/h5-6,9H,13H2,1-4H3/t9-/m1/s1. The minimum absolute atomic E-state index is 0.356. The van der Waals surface area contributed by atoms with Gasteiger partial charge >= 0.3 is 5.97 Å². The zero-order valence-corrected chi connectivity index (χ0v) is 10.9. The van der Waals surface area contributed by atoms with Crippen molar-refractivity contribution < 1.29 is 23.7 Å². The lowest BCUT2D eigenvalue weighted by Crippen LogP contribution is -2.23. The van der Waals surface area contributed by atoms with Crippen molar-refractivity contribution in [2.75, 3.05) is 28.4 Å². The Labute approximate surface area is 106 Å². The van der Waals surface area contributed by atoms with E-state index in [-0.39, 0.29) is 0 Å². The molecule has 0 amide bonds. The second-order valence-corrected chi connectivity index (χ2v) is 3.42. The topological polar surface area (TPSA) is 80.0 Å². The molecule has 0 bridgehead atoms. The van der Waals surface area contributed by atoms with Crippen molar-refractivity contribution in [3.63, 3.8) is 0 Å². The first kappa shape index (κ1) is 14.1. The Kier molecular flexibility index (Phi) is 4.79. The summed E-state index contributed by atoms with van der Waals surface area (Å²) in [6.45, 7) is 0. The number of rotatable bonds is 5. The van der Waals surface area contributed by atoms with Gasteiger partial charge in [0.25, 0.3) is 0 Å². The zero-order valence-electron chi connectivity index (χ0n) is 10.9. The molecule has 0 aliphatic carbocycles. The van der Waals surface area contributed by atoms with Gasteiger partial charge in [0.15, 0.2) is 11.5 Å². The minimum atomic E-state index is -0.940. The van der Waals surface area contributed by atoms with Crippen LogP contribution in [-0.4, -0.2) is 34.4 Å². The molecule has 2 N–H and O–H groups in total. The van der Waals surface area contributed by atoms with Gasteiger partial charge in [-0.1, -0.05) is 0 Å². The Morgan fingerprint density at radius 3 is 2.11 bits per heavy atom. The van der Waals surface area contributed by atoms with E-state index in [2.05, 4.69) is 4.74 Å². The number of methoxy groups -OCH3 is 4. The number of carbonyl (C=O) groups is 1. The molecule has 0 saturated carbocycles. The average Bonchev–Trinajstić information content (AvgIpc) is 2.43. The van der Waals surface area contributed by atoms with Crippen molar-refractivity contribution in [3.05, 3.63) is 17.7 Å². The van der Waals surface area contributed by atoms with E-state index in [1.54, 1.807) is 12.1 Å². The van der Waals surface area contributed by atoms with Crippen LogP contribution in [-0.2, 0) is 9.53 Å². The maximum absolute atomic E-state index is 11.5. The highest BCUT2D eigenvalue weighted by Crippen LogP contribution is 2.41. The Bertz CT molecular complexity index is 433. The molecule has 18 heavy (non-hydrogen) atoms. The van der Waals surface area contributed by atoms with Gasteiger partial charge < -0.3 is 24.7 Å². The summed E-state index contributed by atoms with van der Waals surface area (Å²) in [6.07, 6.45) is 0. The van der Waals surface area contributed by atoms with Crippen LogP contribution in [0.2, 0.25) is 0 Å². The van der Waals surface area contributed by atoms with Gasteiger partial charge in [0.05, 0.1) is 28.4 Å². The lowest BCUT2D eigenvalue weighted by Gasteiger charge is -2.18. The summed E-state index contributed by atoms with van der Waals surface area (Å²) in [7, 11) is 5.73. The van der Waals surface area contributed by atoms with Crippen LogP contribution in [0.1, 0.15) is 11.6 Å². The van der Waals surface area contributed by atoms with E-state index in [9.17, 15) is 4.79 Å². The predicted molar refractivity (Wildman–Crippen MR) is 65.0 cm³/mol. The highest BCUT2D eigenvalue weighted by molar-refractivity contribution is 5.79. The fourth-order valence-electron chi connectivity index (χ4n) is 1.62. The van der Waals surface area contributed by atoms with Crippen LogP contribution < -0.4 is 19.9 Å². The van der Waals surface area contributed by atoms with E-state index in [1.807, 2.05) is 0 Å². The van der Waals surface area contributed by atoms with Crippen molar-refractivity contribution in [2.24, 2.45) is 5.73 Å². The summed E-state index contributed by atoms with van der Waals surface area (Å²) in [5.74, 6) is 0.683. The molecule has 0 aromatic heterocycles. The SMILES string of the molecule is COC(=O)[C@H](N)c1ccc(OC)c(OC)c1OC. The van der Waals surface area contributed by atoms with Crippen molar-refractivity contribution in [2.45, 2.75) is 6.04 Å². The normalized spacial score (nSPS) is 11.6. The maximum atomic E-state index is 11.5. The lowest BCUT2D eigenvalue weighted by molar-refractivity contribution is -0.142. The molecule has 1 aromatic rings. The second kappa shape index (κ2) is 6.11. The first-order valence-corrected chi connectivity index (χ1v) is 5.22. The number of hydrogen-bond donors (Lipinski definition) is 1. The molecule has 1 atom stereocenters. The first-order valence-electron chi connectivity index (χ1n) is 5.22. The first-order chi connectivity index (χ1) is 8.60. The zero-order chi connectivity index (χ0) is 13.7. The Morgan fingerprint density at radius 2 is 1.67 bits per heavy atom. The molecule has 0 saturated heterocycles. The van der Waals surface area contributed by atoms with Gasteiger partial charge in [0, 0.05) is 5.56 Å². The van der Waals surface area contributed by atoms with E-state index in [0.717, 1.165) is 0 Å². The number of hydrogen-bond acceptors (Lipinski definition) is 6. The van der Waals surface area contributed by atoms with Gasteiger partial charge in [0.2, 0.25) is 5.75 Å². The fraction of sp³-hybridized carbons (Fsp3) is 0.417. The molecule has 1 rings (SSSR count). The van der Waals surface area contributed by atoms with Crippen molar-refractivity contribution in [1.29, 1.82) is 0 Å². The van der Waals surface area contributed by atoms with E-state index >= 15 is 0 Å². The van der Waals surface area contributed by atoms with Gasteiger partial charge in [-0.25, -0.2) is 0 Å². The average molecular weight is 255 g/mol. The van der Waals surface area contributed by atoms with Crippen LogP contribution in [0.4, 0.5) is 0 Å². The Balaban J connectivity index is 3.33. The predicted octanol–water partition coefficient (Wildman–Crippen LogP) is 0.885. The molecule has 0 aliphatic rings. The molecule has 0 unspecified atom stereocenters. The van der Waals surface area contributed by atoms with Crippen LogP contribution in [0.15, 0.2) is 12.1 Å². The summed E-state index contributed by atoms with van der Waals surface area (Å²) >= 11 is 0. The summed E-state index contributed by atoms with van der Waals surface area (Å²) in [4.78, 5) is 11.5. The molecule has 6 nitrogen and oxygen atoms in total. The summed E-state index contributed by atoms with van der Waals surface area (Å²) < 4.78 is 20.2. The van der Waals surface area contributed by atoms with Crippen molar-refractivity contribution >= 4 is 5.97 Å². The highest BCUT2D eigenvalue weighted by Gasteiger charge is 2.24. The van der Waals surface area contributed by atoms with Crippen molar-refractivity contribution in [3.8, 4) is 17.2 Å². The van der Waals surface area contributed by atoms with Crippen LogP contribution in [0.5, 0.6) is 17.2 Å². The highest BCUT2D eigenvalue weighted by atomic mass is 16.5. The summed E-state index contributed by atoms with van der Waals surface area (Å²) in [5, 5.41) is 0. The number of carbonyl (C=O) groups excluding carboxylic acids is 1. The third kappa shape index (κ3) is 2.48. The third-order valence-corrected chi connectivity index (χ3v) is 2.52. The van der Waals surface area contributed by atoms with E-state index < -0.39 is 12.0 Å². The fourth-order valence-corrected chi connectivity index (χ4v) is 1.62. The van der Waals surface area contributed by atoms with Gasteiger partial charge in [-0.15, -0.1) is 0 Å². The molecule has 100 valence electrons. The molecular formula is C12H17NO5. The molecule has 0 fully saturated rings. The van der Waals surface area contributed by atoms with E-state index in [1.165, 1.54) is 28.4 Å². The van der Waals surface area contributed by atoms with Gasteiger partial charge in [-0.3, -0.25) is 4.79 Å². The van der Waals surface area contributed by atoms with Gasteiger partial charge in [-0.2, -0.15) is 0 Å². The third-order valence-electron chi connectivity index (χ3n) is 2.52. The molecule has 0 spiro atoms. The van der Waals surface area contributed by atoms with Crippen LogP contribution in [0.25, 0.3) is 0 Å². The van der Waals surface area contributed by atoms with E-state index in [4.69, 9.17) is 19.9 Å². The number of nitrogens with two attached hydrogens (primary N) is 1. The maximum Gasteiger partial charge on any atom is 0.327 e. The van der Waals surface area contributed by atoms with Crippen LogP contribution >= 0.6 is 0 Å². The second-order valence-electron chi connectivity index (χ2n) is 3.42. The van der Waals surface area contributed by atoms with Crippen LogP contribution in [0, 0.1) is 0 Å². The van der Waals surface area contributed by atoms with E-state index in [0.29, 0.717) is 22.8 Å². The van der Waals surface area contributed by atoms with Gasteiger partial charge in [0.1, 0.15) is 6.04 Å². The number of ether oxygens (including phenoxy) is 4. The lowest BCUT2D eigenvalue weighted by atomic mass is 10.1. The van der Waals surface area contributed by atoms with Crippen molar-refractivity contribution in [1.82, 2.24) is 0 Å². The molecular weight excluding hydrogens is 238 g/mol. The smallest absolute Gasteiger partial charge is 0.327 e. The van der Waals surface area contributed by atoms with Crippen LogP contribution in [0.3, 0.4) is 0 Å². The molecule has 0 heterocycles. The molecule has 0 radical (unpaired) electrons. The number of esters is 1. The molecule has 1 aromatic carbocycles. The Morgan fingerprint density at radius 1 is 1.06 bits per heavy atom.